The van der Waals surface area contributed by atoms with Crippen LogP contribution in [0.5, 0.6) is 0 Å². The number of nitrogens with one attached hydrogen (secondary N) is 1. The first-order valence-corrected chi connectivity index (χ1v) is 9.28. The highest BCUT2D eigenvalue weighted by atomic mass is 35.5. The van der Waals surface area contributed by atoms with Crippen LogP contribution in [0.1, 0.15) is 34.7 Å². The summed E-state index contributed by atoms with van der Waals surface area (Å²) in [5.41, 5.74) is 4.90. The van der Waals surface area contributed by atoms with Crippen LogP contribution < -0.4 is 5.32 Å². The smallest absolute Gasteiger partial charge is 0.119 e. The van der Waals surface area contributed by atoms with E-state index in [1.807, 2.05) is 0 Å². The first kappa shape index (κ1) is 17.7. The summed E-state index contributed by atoms with van der Waals surface area (Å²) in [6, 6.07) is 21.1. The van der Waals surface area contributed by atoms with E-state index in [0.717, 1.165) is 18.0 Å². The molecular formula is C21H21ClN2S. The molecule has 0 atom stereocenters. The average Bonchev–Trinajstić information content (AvgIpc) is 2.90. The molecule has 4 rings (SSSR count). The molecule has 4 heteroatoms. The van der Waals surface area contributed by atoms with Crippen LogP contribution in [0, 0.1) is 0 Å². The summed E-state index contributed by atoms with van der Waals surface area (Å²) in [4.78, 5) is 4.88. The maximum atomic E-state index is 4.88. The van der Waals surface area contributed by atoms with Gasteiger partial charge in [0, 0.05) is 6.54 Å². The van der Waals surface area contributed by atoms with Gasteiger partial charge in [-0.25, -0.2) is 4.98 Å². The van der Waals surface area contributed by atoms with Crippen LogP contribution in [0.3, 0.4) is 0 Å². The number of halogens is 1. The Balaban J connectivity index is 0.00000182. The minimum absolute atomic E-state index is 0. The molecule has 3 aromatic rings. The summed E-state index contributed by atoms with van der Waals surface area (Å²) in [7, 11) is 0. The molecule has 0 bridgehead atoms. The zero-order valence-corrected chi connectivity index (χ0v) is 15.6. The number of thiazole rings is 1. The lowest BCUT2D eigenvalue weighted by Gasteiger charge is -2.07. The number of benzene rings is 2. The second kappa shape index (κ2) is 8.32. The predicted octanol–water partition coefficient (Wildman–Crippen LogP) is 5.90. The number of hydrogen-bond donors (Lipinski definition) is 1. The Morgan fingerprint density at radius 3 is 2.20 bits per heavy atom. The van der Waals surface area contributed by atoms with E-state index in [4.69, 9.17) is 4.98 Å². The zero-order valence-electron chi connectivity index (χ0n) is 13.9. The molecule has 2 heterocycles. The number of hydrogen-bond acceptors (Lipinski definition) is 3. The average molecular weight is 369 g/mol. The molecule has 0 aliphatic carbocycles. The first-order valence-electron chi connectivity index (χ1n) is 8.46. The second-order valence-electron chi connectivity index (χ2n) is 6.00. The minimum atomic E-state index is 0. The molecule has 1 N–H and O–H groups in total. The Kier molecular flexibility index (Phi) is 5.90. The van der Waals surface area contributed by atoms with Crippen molar-refractivity contribution in [3.05, 3.63) is 82.5 Å². The molecule has 25 heavy (non-hydrogen) atoms. The highest BCUT2D eigenvalue weighted by Crippen LogP contribution is 2.32. The van der Waals surface area contributed by atoms with Crippen molar-refractivity contribution in [1.29, 1.82) is 0 Å². The molecule has 1 aliphatic rings. The summed E-state index contributed by atoms with van der Waals surface area (Å²) in [6.45, 7) is 1.06. The minimum Gasteiger partial charge on any atom is -0.375 e. The third kappa shape index (κ3) is 4.12. The van der Waals surface area contributed by atoms with Crippen LogP contribution >= 0.6 is 23.7 Å². The number of rotatable bonds is 3. The SMILES string of the molecule is C(=C(c1ccccc1)c1ccccc1)c1nc2c(s1)NCCCC2.Cl. The monoisotopic (exact) mass is 368 g/mol. The molecule has 2 aromatic carbocycles. The van der Waals surface area contributed by atoms with E-state index < -0.39 is 0 Å². The molecule has 1 aromatic heterocycles. The zero-order chi connectivity index (χ0) is 16.2. The van der Waals surface area contributed by atoms with Gasteiger partial charge in [-0.15, -0.1) is 12.4 Å². The Hall–Kier alpha value is -2.10. The topological polar surface area (TPSA) is 24.9 Å². The largest absolute Gasteiger partial charge is 0.375 e. The van der Waals surface area contributed by atoms with Crippen molar-refractivity contribution in [2.24, 2.45) is 0 Å². The third-order valence-electron chi connectivity index (χ3n) is 4.28. The number of fused-ring (bicyclic) bond motifs is 1. The molecule has 1 aliphatic heterocycles. The van der Waals surface area contributed by atoms with Gasteiger partial charge in [0.25, 0.3) is 0 Å². The van der Waals surface area contributed by atoms with Gasteiger partial charge in [-0.3, -0.25) is 0 Å². The van der Waals surface area contributed by atoms with E-state index in [9.17, 15) is 0 Å². The molecular weight excluding hydrogens is 348 g/mol. The van der Waals surface area contributed by atoms with Crippen molar-refractivity contribution in [2.45, 2.75) is 19.3 Å². The third-order valence-corrected chi connectivity index (χ3v) is 5.28. The van der Waals surface area contributed by atoms with Gasteiger partial charge in [-0.1, -0.05) is 72.0 Å². The summed E-state index contributed by atoms with van der Waals surface area (Å²) >= 11 is 1.77. The Labute approximate surface area is 159 Å². The lowest BCUT2D eigenvalue weighted by molar-refractivity contribution is 0.774. The van der Waals surface area contributed by atoms with E-state index in [0.29, 0.717) is 0 Å². The number of anilines is 1. The van der Waals surface area contributed by atoms with Gasteiger partial charge in [0.2, 0.25) is 0 Å². The van der Waals surface area contributed by atoms with Crippen molar-refractivity contribution < 1.29 is 0 Å². The molecule has 2 nitrogen and oxygen atoms in total. The molecule has 0 spiro atoms. The number of aryl methyl sites for hydroxylation is 1. The maximum absolute atomic E-state index is 4.88. The number of aromatic nitrogens is 1. The fraction of sp³-hybridized carbons (Fsp3) is 0.190. The molecule has 128 valence electrons. The lowest BCUT2D eigenvalue weighted by atomic mass is 9.98. The van der Waals surface area contributed by atoms with Crippen LogP contribution in [0.25, 0.3) is 11.6 Å². The number of nitrogens with zero attached hydrogens (tertiary/aromatic N) is 1. The second-order valence-corrected chi connectivity index (χ2v) is 7.03. The van der Waals surface area contributed by atoms with Crippen LogP contribution in [-0.4, -0.2) is 11.5 Å². The summed E-state index contributed by atoms with van der Waals surface area (Å²) in [6.07, 6.45) is 5.76. The van der Waals surface area contributed by atoms with Gasteiger partial charge in [-0.2, -0.15) is 0 Å². The summed E-state index contributed by atoms with van der Waals surface area (Å²) in [5, 5.41) is 5.85. The van der Waals surface area contributed by atoms with E-state index in [1.165, 1.54) is 40.2 Å². The van der Waals surface area contributed by atoms with Crippen molar-refractivity contribution in [1.82, 2.24) is 4.98 Å². The molecule has 0 fully saturated rings. The van der Waals surface area contributed by atoms with Crippen molar-refractivity contribution >= 4 is 40.4 Å². The Bertz CT molecular complexity index is 776. The van der Waals surface area contributed by atoms with Gasteiger partial charge >= 0.3 is 0 Å². The van der Waals surface area contributed by atoms with Crippen molar-refractivity contribution in [2.75, 3.05) is 11.9 Å². The summed E-state index contributed by atoms with van der Waals surface area (Å²) < 4.78 is 0. The maximum Gasteiger partial charge on any atom is 0.119 e. The fourth-order valence-corrected chi connectivity index (χ4v) is 4.03. The van der Waals surface area contributed by atoms with Gasteiger partial charge in [0.05, 0.1) is 5.69 Å². The van der Waals surface area contributed by atoms with Crippen molar-refractivity contribution in [3.8, 4) is 0 Å². The standard InChI is InChI=1S/C21H20N2S.ClH/c1-3-9-16(10-4-1)18(17-11-5-2-6-12-17)15-20-23-19-13-7-8-14-22-21(19)24-20;/h1-6,9-12,15,22H,7-8,13-14H2;1H. The predicted molar refractivity (Wildman–Crippen MR) is 111 cm³/mol. The van der Waals surface area contributed by atoms with Gasteiger partial charge < -0.3 is 5.32 Å². The quantitative estimate of drug-likeness (QED) is 0.622. The van der Waals surface area contributed by atoms with Gasteiger partial charge in [0.1, 0.15) is 10.0 Å². The van der Waals surface area contributed by atoms with Crippen molar-refractivity contribution in [3.63, 3.8) is 0 Å². The molecule has 0 radical (unpaired) electrons. The highest BCUT2D eigenvalue weighted by molar-refractivity contribution is 7.16. The van der Waals surface area contributed by atoms with E-state index in [2.05, 4.69) is 72.1 Å². The fourth-order valence-electron chi connectivity index (χ4n) is 3.05. The molecule has 0 saturated heterocycles. The Morgan fingerprint density at radius 1 is 0.920 bits per heavy atom. The van der Waals surface area contributed by atoms with Gasteiger partial charge in [0.15, 0.2) is 0 Å². The lowest BCUT2D eigenvalue weighted by Crippen LogP contribution is -1.96. The first-order chi connectivity index (χ1) is 11.9. The van der Waals surface area contributed by atoms with Crippen LogP contribution in [0.4, 0.5) is 5.00 Å². The van der Waals surface area contributed by atoms with Crippen LogP contribution in [-0.2, 0) is 6.42 Å². The van der Waals surface area contributed by atoms with Crippen LogP contribution in [0.2, 0.25) is 0 Å². The Morgan fingerprint density at radius 2 is 1.56 bits per heavy atom. The normalized spacial score (nSPS) is 13.0. The van der Waals surface area contributed by atoms with Gasteiger partial charge in [-0.05, 0) is 42.0 Å². The highest BCUT2D eigenvalue weighted by Gasteiger charge is 2.14. The molecule has 0 saturated carbocycles. The van der Waals surface area contributed by atoms with E-state index >= 15 is 0 Å². The molecule has 0 amide bonds. The van der Waals surface area contributed by atoms with E-state index in [-0.39, 0.29) is 12.4 Å². The van der Waals surface area contributed by atoms with E-state index in [1.54, 1.807) is 11.3 Å². The van der Waals surface area contributed by atoms with Crippen LogP contribution in [0.15, 0.2) is 60.7 Å². The summed E-state index contributed by atoms with van der Waals surface area (Å²) in [5.74, 6) is 0. The molecule has 0 unspecified atom stereocenters.